The Hall–Kier alpha value is -1.02. The molecule has 1 heterocycles. The van der Waals surface area contributed by atoms with E-state index in [1.165, 1.54) is 27.6 Å². The van der Waals surface area contributed by atoms with E-state index in [1.807, 2.05) is 0 Å². The first-order chi connectivity index (χ1) is 6.11. The van der Waals surface area contributed by atoms with E-state index in [9.17, 15) is 0 Å². The Bertz CT molecular complexity index is 468. The third-order valence-corrected chi connectivity index (χ3v) is 3.25. The number of H-pyrrole nitrogens is 1. The summed E-state index contributed by atoms with van der Waals surface area (Å²) in [7, 11) is 3.56. The quantitative estimate of drug-likeness (QED) is 0.605. The van der Waals surface area contributed by atoms with E-state index < -0.39 is 0 Å². The van der Waals surface area contributed by atoms with E-state index in [4.69, 9.17) is 0 Å². The van der Waals surface area contributed by atoms with Crippen molar-refractivity contribution in [1.82, 2.24) is 4.98 Å². The summed E-state index contributed by atoms with van der Waals surface area (Å²) in [6.07, 6.45) is 0. The Morgan fingerprint density at radius 2 is 1.77 bits per heavy atom. The zero-order valence-corrected chi connectivity index (χ0v) is 9.15. The lowest BCUT2D eigenvalue weighted by atomic mass is 10.0. The molecule has 2 heteroatoms. The van der Waals surface area contributed by atoms with Crippen LogP contribution in [0.25, 0.3) is 10.9 Å². The first-order valence-electron chi connectivity index (χ1n) is 4.41. The molecule has 0 amide bonds. The fourth-order valence-corrected chi connectivity index (χ4v) is 2.02. The monoisotopic (exact) mass is 186 g/mol. The summed E-state index contributed by atoms with van der Waals surface area (Å²) >= 11 is 0. The van der Waals surface area contributed by atoms with Gasteiger partial charge >= 0.3 is 0 Å². The van der Waals surface area contributed by atoms with Crippen LogP contribution in [0.5, 0.6) is 0 Å². The van der Waals surface area contributed by atoms with Gasteiger partial charge in [0.1, 0.15) is 0 Å². The highest BCUT2D eigenvalue weighted by molar-refractivity contribution is 6.33. The molecule has 2 rings (SSSR count). The molecule has 0 atom stereocenters. The molecule has 1 aromatic heterocycles. The molecule has 0 aliphatic carbocycles. The fourth-order valence-electron chi connectivity index (χ4n) is 1.76. The first-order valence-corrected chi connectivity index (χ1v) is 4.91. The summed E-state index contributed by atoms with van der Waals surface area (Å²) in [5.41, 5.74) is 5.23. The van der Waals surface area contributed by atoms with Gasteiger partial charge in [0.25, 0.3) is 0 Å². The molecule has 3 radical (unpaired) electrons. The van der Waals surface area contributed by atoms with Gasteiger partial charge in [0.15, 0.2) is 0 Å². The molecule has 1 N–H and O–H groups in total. The summed E-state index contributed by atoms with van der Waals surface area (Å²) in [6, 6.07) is 4.29. The molecular weight excluding hydrogens is 174 g/mol. The third kappa shape index (κ3) is 1.13. The largest absolute Gasteiger partial charge is 0.363 e. The highest BCUT2D eigenvalue weighted by Crippen LogP contribution is 2.22. The summed E-state index contributed by atoms with van der Waals surface area (Å²) < 4.78 is 0. The molecule has 0 fully saturated rings. The Balaban J connectivity index is 2.97. The van der Waals surface area contributed by atoms with E-state index in [-0.39, 0.29) is 0 Å². The molecule has 1 nitrogen and oxygen atoms in total. The SMILES string of the molecule is Cc1ccc2[nH]c([Si])c(C)c2c1C. The lowest BCUT2D eigenvalue weighted by Gasteiger charge is -2.01. The van der Waals surface area contributed by atoms with Crippen molar-refractivity contribution in [2.24, 2.45) is 0 Å². The number of fused-ring (bicyclic) bond motifs is 1. The highest BCUT2D eigenvalue weighted by atomic mass is 28.1. The smallest absolute Gasteiger partial charge is 0.0966 e. The van der Waals surface area contributed by atoms with Gasteiger partial charge in [0, 0.05) is 10.9 Å². The third-order valence-electron chi connectivity index (χ3n) is 2.75. The van der Waals surface area contributed by atoms with Gasteiger partial charge in [-0.25, -0.2) is 0 Å². The van der Waals surface area contributed by atoms with Crippen LogP contribution < -0.4 is 5.32 Å². The molecule has 0 aliphatic rings. The number of hydrogen-bond acceptors (Lipinski definition) is 0. The van der Waals surface area contributed by atoms with Gasteiger partial charge in [-0.1, -0.05) is 6.07 Å². The maximum atomic E-state index is 3.56. The van der Waals surface area contributed by atoms with Gasteiger partial charge in [0.2, 0.25) is 0 Å². The van der Waals surface area contributed by atoms with Crippen LogP contribution in [0, 0.1) is 20.8 Å². The van der Waals surface area contributed by atoms with Crippen LogP contribution in [0.2, 0.25) is 0 Å². The number of rotatable bonds is 0. The van der Waals surface area contributed by atoms with Crippen molar-refractivity contribution in [3.05, 3.63) is 28.8 Å². The summed E-state index contributed by atoms with van der Waals surface area (Å²) in [4.78, 5) is 3.31. The minimum absolute atomic E-state index is 1.09. The predicted molar refractivity (Wildman–Crippen MR) is 57.9 cm³/mol. The minimum atomic E-state index is 1.09. The second-order valence-electron chi connectivity index (χ2n) is 3.56. The second-order valence-corrected chi connectivity index (χ2v) is 4.06. The molecule has 0 spiro atoms. The molecule has 65 valence electrons. The van der Waals surface area contributed by atoms with Crippen LogP contribution in [-0.4, -0.2) is 15.2 Å². The van der Waals surface area contributed by atoms with Gasteiger partial charge in [-0.2, -0.15) is 0 Å². The van der Waals surface area contributed by atoms with E-state index in [2.05, 4.69) is 48.1 Å². The van der Waals surface area contributed by atoms with Crippen molar-refractivity contribution < 1.29 is 0 Å². The maximum absolute atomic E-state index is 3.56. The van der Waals surface area contributed by atoms with Crippen LogP contribution in [-0.2, 0) is 0 Å². The van der Waals surface area contributed by atoms with Crippen LogP contribution in [0.15, 0.2) is 12.1 Å². The van der Waals surface area contributed by atoms with Crippen molar-refractivity contribution in [3.8, 4) is 0 Å². The number of nitrogens with one attached hydrogen (secondary N) is 1. The van der Waals surface area contributed by atoms with E-state index in [0.29, 0.717) is 0 Å². The molecule has 0 saturated carbocycles. The zero-order valence-electron chi connectivity index (χ0n) is 8.15. The van der Waals surface area contributed by atoms with Gasteiger partial charge < -0.3 is 4.98 Å². The van der Waals surface area contributed by atoms with E-state index in [0.717, 1.165) is 5.32 Å². The summed E-state index contributed by atoms with van der Waals surface area (Å²) in [6.45, 7) is 6.45. The molecule has 2 aromatic rings. The number of aromatic amines is 1. The Morgan fingerprint density at radius 3 is 2.46 bits per heavy atom. The predicted octanol–water partition coefficient (Wildman–Crippen LogP) is 1.89. The fraction of sp³-hybridized carbons (Fsp3) is 0.273. The Morgan fingerprint density at radius 1 is 1.08 bits per heavy atom. The maximum Gasteiger partial charge on any atom is 0.0966 e. The number of aryl methyl sites for hydroxylation is 3. The first kappa shape index (κ1) is 8.57. The molecular formula is C11H12NSi. The lowest BCUT2D eigenvalue weighted by Crippen LogP contribution is -2.05. The minimum Gasteiger partial charge on any atom is -0.363 e. The highest BCUT2D eigenvalue weighted by Gasteiger charge is 2.07. The topological polar surface area (TPSA) is 15.8 Å². The average Bonchev–Trinajstić information content (AvgIpc) is 2.37. The molecule has 0 saturated heterocycles. The second kappa shape index (κ2) is 2.74. The molecule has 0 aliphatic heterocycles. The van der Waals surface area contributed by atoms with Gasteiger partial charge in [-0.15, -0.1) is 0 Å². The van der Waals surface area contributed by atoms with Gasteiger partial charge in [-0.05, 0) is 48.8 Å². The lowest BCUT2D eigenvalue weighted by molar-refractivity contribution is 1.37. The summed E-state index contributed by atoms with van der Waals surface area (Å²) in [5, 5.41) is 2.44. The number of aromatic nitrogens is 1. The van der Waals surface area contributed by atoms with Gasteiger partial charge in [0.05, 0.1) is 10.2 Å². The molecule has 0 bridgehead atoms. The van der Waals surface area contributed by atoms with Crippen LogP contribution in [0.4, 0.5) is 0 Å². The van der Waals surface area contributed by atoms with E-state index in [1.54, 1.807) is 0 Å². The van der Waals surface area contributed by atoms with Crippen LogP contribution >= 0.6 is 0 Å². The van der Waals surface area contributed by atoms with Crippen LogP contribution in [0.3, 0.4) is 0 Å². The van der Waals surface area contributed by atoms with E-state index >= 15 is 0 Å². The van der Waals surface area contributed by atoms with Crippen LogP contribution in [0.1, 0.15) is 16.7 Å². The standard InChI is InChI=1S/C11H12NSi/c1-6-4-5-9-10(7(6)2)8(3)11(13)12-9/h4-5,12H,1-3H3. The Kier molecular flexibility index (Phi) is 1.80. The number of benzene rings is 1. The normalized spacial score (nSPS) is 11.1. The van der Waals surface area contributed by atoms with Crippen molar-refractivity contribution in [2.45, 2.75) is 20.8 Å². The summed E-state index contributed by atoms with van der Waals surface area (Å²) in [5.74, 6) is 0. The number of hydrogen-bond donors (Lipinski definition) is 1. The molecule has 13 heavy (non-hydrogen) atoms. The zero-order chi connectivity index (χ0) is 9.59. The van der Waals surface area contributed by atoms with Crippen molar-refractivity contribution >= 4 is 26.5 Å². The van der Waals surface area contributed by atoms with Crippen molar-refractivity contribution in [1.29, 1.82) is 0 Å². The average molecular weight is 186 g/mol. The van der Waals surface area contributed by atoms with Gasteiger partial charge in [-0.3, -0.25) is 0 Å². The molecule has 1 aromatic carbocycles. The molecule has 0 unspecified atom stereocenters. The van der Waals surface area contributed by atoms with Crippen molar-refractivity contribution in [3.63, 3.8) is 0 Å². The Labute approximate surface area is 81.6 Å². The van der Waals surface area contributed by atoms with Crippen molar-refractivity contribution in [2.75, 3.05) is 0 Å².